The van der Waals surface area contributed by atoms with Crippen LogP contribution in [0.25, 0.3) is 0 Å². The fraction of sp³-hybridized carbons (Fsp3) is 0.625. The van der Waals surface area contributed by atoms with Gasteiger partial charge in [0, 0.05) is 13.1 Å². The van der Waals surface area contributed by atoms with Crippen LogP contribution in [-0.2, 0) is 11.3 Å². The van der Waals surface area contributed by atoms with Crippen LogP contribution in [0.2, 0.25) is 0 Å². The first-order valence-corrected chi connectivity index (χ1v) is 4.58. The molecule has 1 heterocycles. The summed E-state index contributed by atoms with van der Waals surface area (Å²) in [4.78, 5) is 14.7. The predicted octanol–water partition coefficient (Wildman–Crippen LogP) is -0.519. The molecule has 2 rings (SSSR count). The summed E-state index contributed by atoms with van der Waals surface area (Å²) in [6.45, 7) is 0.171. The van der Waals surface area contributed by atoms with E-state index in [4.69, 9.17) is 5.73 Å². The average molecular weight is 195 g/mol. The van der Waals surface area contributed by atoms with Gasteiger partial charge in [0.2, 0.25) is 5.91 Å². The molecule has 14 heavy (non-hydrogen) atoms. The van der Waals surface area contributed by atoms with Gasteiger partial charge in [0.1, 0.15) is 6.54 Å². The van der Waals surface area contributed by atoms with Gasteiger partial charge < -0.3 is 10.6 Å². The third-order valence-corrected chi connectivity index (χ3v) is 2.32. The molecule has 1 aromatic rings. The van der Waals surface area contributed by atoms with Gasteiger partial charge in [-0.1, -0.05) is 0 Å². The van der Waals surface area contributed by atoms with Gasteiger partial charge in [-0.3, -0.25) is 4.79 Å². The Bertz CT molecular complexity index is 343. The van der Waals surface area contributed by atoms with E-state index in [2.05, 4.69) is 10.2 Å². The standard InChI is InChI=1S/C8H13N5O/c1-12(6-2-3-6)8(14)5-13-10-4-7(9)11-13/h4,6H,2-3,5H2,1H3,(H2,9,11). The number of hydrogen-bond donors (Lipinski definition) is 1. The molecule has 76 valence electrons. The number of amides is 1. The van der Waals surface area contributed by atoms with Gasteiger partial charge in [-0.05, 0) is 12.8 Å². The van der Waals surface area contributed by atoms with Gasteiger partial charge in [-0.2, -0.15) is 9.90 Å². The van der Waals surface area contributed by atoms with E-state index >= 15 is 0 Å². The average Bonchev–Trinajstić information content (AvgIpc) is 2.91. The second kappa shape index (κ2) is 3.28. The second-order valence-corrected chi connectivity index (χ2v) is 3.54. The maximum atomic E-state index is 11.6. The summed E-state index contributed by atoms with van der Waals surface area (Å²) in [6.07, 6.45) is 3.65. The SMILES string of the molecule is CN(C(=O)Cn1ncc(N)n1)C1CC1. The number of nitrogens with two attached hydrogens (primary N) is 1. The molecular weight excluding hydrogens is 182 g/mol. The van der Waals surface area contributed by atoms with Crippen molar-refractivity contribution >= 4 is 11.7 Å². The van der Waals surface area contributed by atoms with Crippen molar-refractivity contribution in [2.75, 3.05) is 12.8 Å². The van der Waals surface area contributed by atoms with E-state index in [0.29, 0.717) is 11.9 Å². The zero-order valence-electron chi connectivity index (χ0n) is 8.05. The van der Waals surface area contributed by atoms with Gasteiger partial charge >= 0.3 is 0 Å². The first-order valence-electron chi connectivity index (χ1n) is 4.58. The normalized spacial score (nSPS) is 15.5. The minimum Gasteiger partial charge on any atom is -0.381 e. The Morgan fingerprint density at radius 2 is 2.50 bits per heavy atom. The van der Waals surface area contributed by atoms with Crippen molar-refractivity contribution in [3.8, 4) is 0 Å². The number of carbonyl (C=O) groups excluding carboxylic acids is 1. The second-order valence-electron chi connectivity index (χ2n) is 3.54. The highest BCUT2D eigenvalue weighted by atomic mass is 16.2. The third kappa shape index (κ3) is 1.84. The molecule has 0 saturated heterocycles. The molecule has 1 fully saturated rings. The Balaban J connectivity index is 1.93. The van der Waals surface area contributed by atoms with Crippen LogP contribution in [0, 0.1) is 0 Å². The van der Waals surface area contributed by atoms with Crippen LogP contribution in [-0.4, -0.2) is 38.9 Å². The third-order valence-electron chi connectivity index (χ3n) is 2.32. The number of nitrogens with zero attached hydrogens (tertiary/aromatic N) is 4. The molecule has 0 aromatic carbocycles. The van der Waals surface area contributed by atoms with E-state index in [1.807, 2.05) is 7.05 Å². The first kappa shape index (κ1) is 8.98. The van der Waals surface area contributed by atoms with E-state index in [1.165, 1.54) is 11.0 Å². The van der Waals surface area contributed by atoms with Crippen molar-refractivity contribution in [3.05, 3.63) is 6.20 Å². The topological polar surface area (TPSA) is 77.0 Å². The smallest absolute Gasteiger partial charge is 0.246 e. The molecular formula is C8H13N5O. The zero-order chi connectivity index (χ0) is 10.1. The maximum Gasteiger partial charge on any atom is 0.246 e. The molecule has 0 unspecified atom stereocenters. The highest BCUT2D eigenvalue weighted by molar-refractivity contribution is 5.76. The summed E-state index contributed by atoms with van der Waals surface area (Å²) in [5, 5.41) is 7.70. The highest BCUT2D eigenvalue weighted by Gasteiger charge is 2.29. The fourth-order valence-electron chi connectivity index (χ4n) is 1.28. The summed E-state index contributed by atoms with van der Waals surface area (Å²) in [6, 6.07) is 0.426. The molecule has 0 aliphatic heterocycles. The van der Waals surface area contributed by atoms with E-state index in [1.54, 1.807) is 4.90 Å². The molecule has 2 N–H and O–H groups in total. The lowest BCUT2D eigenvalue weighted by Gasteiger charge is -2.15. The minimum atomic E-state index is 0.0306. The molecule has 0 bridgehead atoms. The zero-order valence-corrected chi connectivity index (χ0v) is 8.05. The number of anilines is 1. The molecule has 1 amide bonds. The lowest BCUT2D eigenvalue weighted by atomic mass is 10.5. The summed E-state index contributed by atoms with van der Waals surface area (Å²) >= 11 is 0. The van der Waals surface area contributed by atoms with Gasteiger partial charge in [0.05, 0.1) is 6.20 Å². The molecule has 0 atom stereocenters. The van der Waals surface area contributed by atoms with Gasteiger partial charge in [-0.15, -0.1) is 5.10 Å². The largest absolute Gasteiger partial charge is 0.381 e. The van der Waals surface area contributed by atoms with E-state index in [9.17, 15) is 4.79 Å². The Morgan fingerprint density at radius 3 is 3.00 bits per heavy atom. The summed E-state index contributed by atoms with van der Waals surface area (Å²) in [5.41, 5.74) is 5.38. The molecule has 1 saturated carbocycles. The Labute approximate surface area is 81.7 Å². The fourth-order valence-corrected chi connectivity index (χ4v) is 1.28. The number of likely N-dealkylation sites (N-methyl/N-ethyl adjacent to an activating group) is 1. The van der Waals surface area contributed by atoms with Crippen LogP contribution in [0.3, 0.4) is 0 Å². The van der Waals surface area contributed by atoms with Crippen LogP contribution >= 0.6 is 0 Å². The summed E-state index contributed by atoms with van der Waals surface area (Å²) in [7, 11) is 1.81. The van der Waals surface area contributed by atoms with E-state index in [-0.39, 0.29) is 12.5 Å². The van der Waals surface area contributed by atoms with Crippen LogP contribution in [0.5, 0.6) is 0 Å². The molecule has 6 nitrogen and oxygen atoms in total. The summed E-state index contributed by atoms with van der Waals surface area (Å²) < 4.78 is 0. The van der Waals surface area contributed by atoms with Crippen LogP contribution in [0.1, 0.15) is 12.8 Å². The van der Waals surface area contributed by atoms with Gasteiger partial charge in [0.15, 0.2) is 5.82 Å². The van der Waals surface area contributed by atoms with Gasteiger partial charge in [-0.25, -0.2) is 0 Å². The van der Waals surface area contributed by atoms with Crippen molar-refractivity contribution in [1.82, 2.24) is 19.9 Å². The van der Waals surface area contributed by atoms with Crippen LogP contribution < -0.4 is 5.73 Å². The molecule has 1 aliphatic carbocycles. The van der Waals surface area contributed by atoms with Crippen LogP contribution in [0.15, 0.2) is 6.20 Å². The molecule has 1 aliphatic rings. The van der Waals surface area contributed by atoms with Crippen molar-refractivity contribution < 1.29 is 4.79 Å². The van der Waals surface area contributed by atoms with E-state index in [0.717, 1.165) is 12.8 Å². The maximum absolute atomic E-state index is 11.6. The molecule has 0 radical (unpaired) electrons. The van der Waals surface area contributed by atoms with Gasteiger partial charge in [0.25, 0.3) is 0 Å². The van der Waals surface area contributed by atoms with E-state index < -0.39 is 0 Å². The van der Waals surface area contributed by atoms with Crippen molar-refractivity contribution in [1.29, 1.82) is 0 Å². The summed E-state index contributed by atoms with van der Waals surface area (Å²) in [5.74, 6) is 0.370. The monoisotopic (exact) mass is 195 g/mol. The number of carbonyl (C=O) groups is 1. The number of nitrogen functional groups attached to an aromatic ring is 1. The predicted molar refractivity (Wildman–Crippen MR) is 50.2 cm³/mol. The quantitative estimate of drug-likeness (QED) is 0.704. The number of hydrogen-bond acceptors (Lipinski definition) is 4. The van der Waals surface area contributed by atoms with Crippen molar-refractivity contribution in [2.24, 2.45) is 0 Å². The lowest BCUT2D eigenvalue weighted by molar-refractivity contribution is -0.131. The number of aromatic nitrogens is 3. The Kier molecular flexibility index (Phi) is 2.11. The number of rotatable bonds is 3. The minimum absolute atomic E-state index is 0.0306. The first-order chi connectivity index (χ1) is 6.66. The molecule has 6 heteroatoms. The van der Waals surface area contributed by atoms with Crippen molar-refractivity contribution in [2.45, 2.75) is 25.4 Å². The molecule has 0 spiro atoms. The Hall–Kier alpha value is -1.59. The lowest BCUT2D eigenvalue weighted by Crippen LogP contribution is -2.32. The Morgan fingerprint density at radius 1 is 1.79 bits per heavy atom. The molecule has 1 aromatic heterocycles. The van der Waals surface area contributed by atoms with Crippen LogP contribution in [0.4, 0.5) is 5.82 Å². The van der Waals surface area contributed by atoms with Crippen molar-refractivity contribution in [3.63, 3.8) is 0 Å². The highest BCUT2D eigenvalue weighted by Crippen LogP contribution is 2.25.